The number of aliphatic hydroxyl groups is 2. The molecule has 1 aromatic carbocycles. The van der Waals surface area contributed by atoms with Crippen molar-refractivity contribution in [3.05, 3.63) is 39.7 Å². The van der Waals surface area contributed by atoms with Crippen LogP contribution in [0.4, 0.5) is 10.1 Å². The van der Waals surface area contributed by atoms with E-state index in [0.29, 0.717) is 6.54 Å². The topological polar surface area (TPSA) is 95.6 Å². The average molecular weight is 258 g/mol. The van der Waals surface area contributed by atoms with Crippen molar-refractivity contribution in [1.82, 2.24) is 5.32 Å². The number of benzene rings is 1. The maximum Gasteiger partial charge on any atom is 0.305 e. The second kappa shape index (κ2) is 6.39. The molecule has 2 atom stereocenters. The van der Waals surface area contributed by atoms with Crippen molar-refractivity contribution in [3.8, 4) is 0 Å². The summed E-state index contributed by atoms with van der Waals surface area (Å²) in [5.74, 6) is -0.937. The lowest BCUT2D eigenvalue weighted by atomic mass is 10.1. The Morgan fingerprint density at radius 1 is 1.44 bits per heavy atom. The molecule has 18 heavy (non-hydrogen) atoms. The van der Waals surface area contributed by atoms with Gasteiger partial charge in [-0.05, 0) is 18.6 Å². The summed E-state index contributed by atoms with van der Waals surface area (Å²) in [7, 11) is 0. The number of nitrogens with zero attached hydrogens (tertiary/aromatic N) is 1. The Labute approximate surface area is 103 Å². The lowest BCUT2D eigenvalue weighted by molar-refractivity contribution is -0.387. The minimum absolute atomic E-state index is 0.119. The quantitative estimate of drug-likeness (QED) is 0.516. The summed E-state index contributed by atoms with van der Waals surface area (Å²) in [6, 6.07) is 3.24. The Morgan fingerprint density at radius 3 is 2.67 bits per heavy atom. The van der Waals surface area contributed by atoms with Gasteiger partial charge in [-0.25, -0.2) is 0 Å². The van der Waals surface area contributed by atoms with Crippen molar-refractivity contribution < 1.29 is 19.5 Å². The van der Waals surface area contributed by atoms with Gasteiger partial charge in [0.15, 0.2) is 0 Å². The van der Waals surface area contributed by atoms with Crippen LogP contribution in [0.25, 0.3) is 0 Å². The zero-order valence-electron chi connectivity index (χ0n) is 9.84. The zero-order chi connectivity index (χ0) is 13.7. The van der Waals surface area contributed by atoms with Crippen molar-refractivity contribution in [3.63, 3.8) is 0 Å². The first kappa shape index (κ1) is 14.5. The molecule has 3 N–H and O–H groups in total. The van der Waals surface area contributed by atoms with Gasteiger partial charge < -0.3 is 15.5 Å². The first-order valence-corrected chi connectivity index (χ1v) is 5.42. The minimum atomic E-state index is -0.997. The lowest BCUT2D eigenvalue weighted by Crippen LogP contribution is -2.28. The van der Waals surface area contributed by atoms with Gasteiger partial charge in [0.2, 0.25) is 5.82 Å². The maximum atomic E-state index is 13.1. The molecule has 0 aliphatic heterocycles. The van der Waals surface area contributed by atoms with Gasteiger partial charge in [0, 0.05) is 19.2 Å². The Kier molecular flexibility index (Phi) is 5.14. The fraction of sp³-hybridized carbons (Fsp3) is 0.455. The summed E-state index contributed by atoms with van der Waals surface area (Å²) in [6.45, 7) is 2.00. The highest BCUT2D eigenvalue weighted by molar-refractivity contribution is 5.37. The number of hydrogen-bond donors (Lipinski definition) is 3. The normalized spacial score (nSPS) is 14.2. The zero-order valence-corrected chi connectivity index (χ0v) is 9.84. The first-order chi connectivity index (χ1) is 8.41. The third kappa shape index (κ3) is 4.02. The molecule has 7 heteroatoms. The molecule has 0 amide bonds. The van der Waals surface area contributed by atoms with E-state index in [9.17, 15) is 19.6 Å². The van der Waals surface area contributed by atoms with Crippen LogP contribution in [0.1, 0.15) is 18.6 Å². The summed E-state index contributed by atoms with van der Waals surface area (Å²) in [5.41, 5.74) is -0.414. The van der Waals surface area contributed by atoms with Crippen LogP contribution >= 0.6 is 0 Å². The van der Waals surface area contributed by atoms with Crippen molar-refractivity contribution in [2.75, 3.05) is 13.1 Å². The third-order valence-corrected chi connectivity index (χ3v) is 2.33. The van der Waals surface area contributed by atoms with Gasteiger partial charge in [-0.2, -0.15) is 4.39 Å². The van der Waals surface area contributed by atoms with Crippen LogP contribution in [-0.4, -0.2) is 34.3 Å². The van der Waals surface area contributed by atoms with Crippen molar-refractivity contribution >= 4 is 5.69 Å². The summed E-state index contributed by atoms with van der Waals surface area (Å²) >= 11 is 0. The number of aliphatic hydroxyl groups excluding tert-OH is 2. The number of rotatable bonds is 6. The van der Waals surface area contributed by atoms with Crippen LogP contribution in [0.15, 0.2) is 18.2 Å². The summed E-state index contributed by atoms with van der Waals surface area (Å²) < 4.78 is 13.1. The van der Waals surface area contributed by atoms with E-state index in [1.165, 1.54) is 6.07 Å². The minimum Gasteiger partial charge on any atom is -0.392 e. The van der Waals surface area contributed by atoms with Gasteiger partial charge in [-0.1, -0.05) is 6.07 Å². The van der Waals surface area contributed by atoms with Crippen LogP contribution < -0.4 is 5.32 Å². The molecule has 6 nitrogen and oxygen atoms in total. The number of nitro groups is 1. The Hall–Kier alpha value is -1.57. The van der Waals surface area contributed by atoms with Crippen LogP contribution in [-0.2, 0) is 0 Å². The predicted molar refractivity (Wildman–Crippen MR) is 62.6 cm³/mol. The highest BCUT2D eigenvalue weighted by Gasteiger charge is 2.17. The van der Waals surface area contributed by atoms with Crippen molar-refractivity contribution in [1.29, 1.82) is 0 Å². The van der Waals surface area contributed by atoms with Crippen LogP contribution in [0.5, 0.6) is 0 Å². The molecule has 1 rings (SSSR count). The highest BCUT2D eigenvalue weighted by Crippen LogP contribution is 2.22. The standard InChI is InChI=1S/C11H15FN2O4/c1-7(15)5-13-6-11(16)8-2-3-9(12)10(4-8)14(17)18/h2-4,7,11,13,15-16H,5-6H2,1H3. The molecular formula is C11H15FN2O4. The third-order valence-electron chi connectivity index (χ3n) is 2.33. The van der Waals surface area contributed by atoms with Gasteiger partial charge in [0.25, 0.3) is 0 Å². The van der Waals surface area contributed by atoms with E-state index in [1.54, 1.807) is 6.92 Å². The van der Waals surface area contributed by atoms with E-state index < -0.39 is 28.6 Å². The number of halogens is 1. The molecule has 2 unspecified atom stereocenters. The average Bonchev–Trinajstić information content (AvgIpc) is 2.28. The smallest absolute Gasteiger partial charge is 0.305 e. The van der Waals surface area contributed by atoms with Gasteiger partial charge in [0.1, 0.15) is 0 Å². The Bertz CT molecular complexity index is 426. The fourth-order valence-corrected chi connectivity index (χ4v) is 1.42. The first-order valence-electron chi connectivity index (χ1n) is 5.42. The molecular weight excluding hydrogens is 243 g/mol. The monoisotopic (exact) mass is 258 g/mol. The van der Waals surface area contributed by atoms with E-state index in [2.05, 4.69) is 5.32 Å². The van der Waals surface area contributed by atoms with Gasteiger partial charge >= 0.3 is 5.69 Å². The Morgan fingerprint density at radius 2 is 2.11 bits per heavy atom. The molecule has 0 spiro atoms. The highest BCUT2D eigenvalue weighted by atomic mass is 19.1. The molecule has 0 fully saturated rings. The molecule has 0 heterocycles. The molecule has 0 aliphatic rings. The molecule has 0 radical (unpaired) electrons. The molecule has 0 aliphatic carbocycles. The van der Waals surface area contributed by atoms with Gasteiger partial charge in [-0.3, -0.25) is 10.1 Å². The number of nitrogens with one attached hydrogen (secondary N) is 1. The van der Waals surface area contributed by atoms with Crippen molar-refractivity contribution in [2.24, 2.45) is 0 Å². The summed E-state index contributed by atoms with van der Waals surface area (Å²) in [4.78, 5) is 9.70. The summed E-state index contributed by atoms with van der Waals surface area (Å²) in [6.07, 6.45) is -1.55. The van der Waals surface area contributed by atoms with E-state index in [4.69, 9.17) is 5.11 Å². The van der Waals surface area contributed by atoms with Crippen LogP contribution in [0, 0.1) is 15.9 Å². The SMILES string of the molecule is CC(O)CNCC(O)c1ccc(F)c([N+](=O)[O-])c1. The number of nitro benzene ring substituents is 1. The van der Waals surface area contributed by atoms with E-state index in [0.717, 1.165) is 12.1 Å². The largest absolute Gasteiger partial charge is 0.392 e. The molecule has 0 aromatic heterocycles. The lowest BCUT2D eigenvalue weighted by Gasteiger charge is -2.13. The van der Waals surface area contributed by atoms with Gasteiger partial charge in [-0.15, -0.1) is 0 Å². The Balaban J connectivity index is 2.71. The molecule has 0 saturated heterocycles. The van der Waals surface area contributed by atoms with Crippen LogP contribution in [0.2, 0.25) is 0 Å². The predicted octanol–water partition coefficient (Wildman–Crippen LogP) is 0.738. The second-order valence-corrected chi connectivity index (χ2v) is 3.99. The number of hydrogen-bond acceptors (Lipinski definition) is 5. The molecule has 1 aromatic rings. The molecule has 100 valence electrons. The molecule has 0 saturated carbocycles. The fourth-order valence-electron chi connectivity index (χ4n) is 1.42. The maximum absolute atomic E-state index is 13.1. The van der Waals surface area contributed by atoms with E-state index >= 15 is 0 Å². The van der Waals surface area contributed by atoms with Crippen LogP contribution in [0.3, 0.4) is 0 Å². The van der Waals surface area contributed by atoms with Gasteiger partial charge in [0.05, 0.1) is 17.1 Å². The van der Waals surface area contributed by atoms with E-state index in [1.807, 2.05) is 0 Å². The molecule has 0 bridgehead atoms. The van der Waals surface area contributed by atoms with E-state index in [-0.39, 0.29) is 12.1 Å². The van der Waals surface area contributed by atoms with Crippen molar-refractivity contribution in [2.45, 2.75) is 19.1 Å². The summed E-state index contributed by atoms with van der Waals surface area (Å²) in [5, 5.41) is 32.1. The second-order valence-electron chi connectivity index (χ2n) is 3.99.